The number of nitrogens with one attached hydrogen (secondary N) is 2. The van der Waals surface area contributed by atoms with Crippen molar-refractivity contribution in [3.8, 4) is 11.5 Å². The van der Waals surface area contributed by atoms with Crippen molar-refractivity contribution in [1.29, 1.82) is 0 Å². The molecule has 0 unspecified atom stereocenters. The Hall–Kier alpha value is -3.68. The molecule has 0 bridgehead atoms. The summed E-state index contributed by atoms with van der Waals surface area (Å²) in [5, 5.41) is 5.90. The maximum atomic E-state index is 12.4. The molecular weight excluding hydrogens is 370 g/mol. The van der Waals surface area contributed by atoms with Gasteiger partial charge in [-0.25, -0.2) is 9.97 Å². The van der Waals surface area contributed by atoms with Gasteiger partial charge >= 0.3 is 0 Å². The van der Waals surface area contributed by atoms with Gasteiger partial charge in [-0.05, 0) is 49.4 Å². The highest BCUT2D eigenvalue weighted by molar-refractivity contribution is 5.92. The van der Waals surface area contributed by atoms with Gasteiger partial charge in [0.25, 0.3) is 5.91 Å². The van der Waals surface area contributed by atoms with Crippen molar-refractivity contribution in [3.05, 3.63) is 71.8 Å². The van der Waals surface area contributed by atoms with Gasteiger partial charge in [-0.15, -0.1) is 0 Å². The number of aryl methyl sites for hydroxylation is 1. The van der Waals surface area contributed by atoms with Crippen LogP contribution in [0.1, 0.15) is 21.9 Å². The second-order valence-corrected chi connectivity index (χ2v) is 6.17. The summed E-state index contributed by atoms with van der Waals surface area (Å²) in [4.78, 5) is 25.2. The summed E-state index contributed by atoms with van der Waals surface area (Å²) in [6.07, 6.45) is 1.72. The molecule has 29 heavy (non-hydrogen) atoms. The Kier molecular flexibility index (Phi) is 6.94. The number of hydrogen-bond acceptors (Lipinski definition) is 7. The largest absolute Gasteiger partial charge is 0.497 e. The van der Waals surface area contributed by atoms with E-state index in [9.17, 15) is 4.79 Å². The number of amides is 1. The molecule has 8 nitrogen and oxygen atoms in total. The van der Waals surface area contributed by atoms with Crippen molar-refractivity contribution in [1.82, 2.24) is 20.3 Å². The van der Waals surface area contributed by atoms with E-state index in [0.717, 1.165) is 11.4 Å². The first kappa shape index (κ1) is 20.1. The lowest BCUT2D eigenvalue weighted by atomic mass is 10.3. The third-order valence-electron chi connectivity index (χ3n) is 3.96. The molecule has 2 N–H and O–H groups in total. The molecule has 3 aromatic rings. The minimum atomic E-state index is -0.283. The number of carbonyl (C=O) groups excluding carboxylic acids is 1. The van der Waals surface area contributed by atoms with Crippen LogP contribution in [0.15, 0.2) is 54.7 Å². The number of aromatic nitrogens is 3. The Morgan fingerprint density at radius 2 is 1.86 bits per heavy atom. The van der Waals surface area contributed by atoms with Crippen LogP contribution >= 0.6 is 0 Å². The number of benzene rings is 1. The van der Waals surface area contributed by atoms with Gasteiger partial charge in [-0.1, -0.05) is 6.07 Å². The third kappa shape index (κ3) is 6.17. The first-order valence-corrected chi connectivity index (χ1v) is 9.18. The van der Waals surface area contributed by atoms with Crippen molar-refractivity contribution in [2.24, 2.45) is 0 Å². The molecule has 1 aromatic carbocycles. The average molecular weight is 393 g/mol. The lowest BCUT2D eigenvalue weighted by Crippen LogP contribution is -2.29. The molecule has 3 rings (SSSR count). The molecule has 0 fully saturated rings. The third-order valence-corrected chi connectivity index (χ3v) is 3.96. The molecule has 2 heterocycles. The van der Waals surface area contributed by atoms with Gasteiger partial charge in [0.15, 0.2) is 0 Å². The van der Waals surface area contributed by atoms with E-state index >= 15 is 0 Å². The summed E-state index contributed by atoms with van der Waals surface area (Å²) >= 11 is 0. The highest BCUT2D eigenvalue weighted by Gasteiger charge is 2.10. The van der Waals surface area contributed by atoms with Crippen molar-refractivity contribution < 1.29 is 14.3 Å². The van der Waals surface area contributed by atoms with Crippen molar-refractivity contribution in [2.45, 2.75) is 13.5 Å². The fourth-order valence-corrected chi connectivity index (χ4v) is 2.53. The predicted molar refractivity (Wildman–Crippen MR) is 109 cm³/mol. The number of methoxy groups -OCH3 is 1. The second kappa shape index (κ2) is 10.0. The highest BCUT2D eigenvalue weighted by Crippen LogP contribution is 2.16. The quantitative estimate of drug-likeness (QED) is 0.539. The van der Waals surface area contributed by atoms with Gasteiger partial charge in [0, 0.05) is 11.9 Å². The molecule has 2 aromatic heterocycles. The van der Waals surface area contributed by atoms with E-state index < -0.39 is 0 Å². The maximum Gasteiger partial charge on any atom is 0.270 e. The van der Waals surface area contributed by atoms with E-state index in [4.69, 9.17) is 9.47 Å². The van der Waals surface area contributed by atoms with E-state index in [2.05, 4.69) is 25.6 Å². The first-order valence-electron chi connectivity index (χ1n) is 9.18. The van der Waals surface area contributed by atoms with Crippen LogP contribution in [0, 0.1) is 6.92 Å². The number of hydrogen-bond donors (Lipinski definition) is 2. The van der Waals surface area contributed by atoms with Gasteiger partial charge < -0.3 is 20.1 Å². The number of rotatable bonds is 9. The molecule has 0 aliphatic heterocycles. The first-order chi connectivity index (χ1) is 14.1. The maximum absolute atomic E-state index is 12.4. The Balaban J connectivity index is 1.49. The van der Waals surface area contributed by atoms with Gasteiger partial charge in [-0.2, -0.15) is 0 Å². The summed E-state index contributed by atoms with van der Waals surface area (Å²) in [5.41, 5.74) is 1.85. The molecule has 0 saturated carbocycles. The second-order valence-electron chi connectivity index (χ2n) is 6.17. The minimum Gasteiger partial charge on any atom is -0.497 e. The molecule has 0 spiro atoms. The summed E-state index contributed by atoms with van der Waals surface area (Å²) in [7, 11) is 1.61. The van der Waals surface area contributed by atoms with Crippen molar-refractivity contribution in [3.63, 3.8) is 0 Å². The average Bonchev–Trinajstić information content (AvgIpc) is 2.76. The van der Waals surface area contributed by atoms with Crippen LogP contribution in [0.2, 0.25) is 0 Å². The van der Waals surface area contributed by atoms with E-state index in [-0.39, 0.29) is 5.91 Å². The lowest BCUT2D eigenvalue weighted by Gasteiger charge is -2.10. The van der Waals surface area contributed by atoms with Crippen LogP contribution in [0.25, 0.3) is 0 Å². The van der Waals surface area contributed by atoms with E-state index in [0.29, 0.717) is 42.8 Å². The van der Waals surface area contributed by atoms with Crippen molar-refractivity contribution in [2.75, 3.05) is 25.6 Å². The molecule has 1 amide bonds. The van der Waals surface area contributed by atoms with Crippen LogP contribution in [-0.4, -0.2) is 41.1 Å². The van der Waals surface area contributed by atoms with E-state index in [1.54, 1.807) is 19.4 Å². The van der Waals surface area contributed by atoms with Gasteiger partial charge in [0.05, 0.1) is 25.9 Å². The summed E-state index contributed by atoms with van der Waals surface area (Å²) in [5.74, 6) is 1.57. The number of nitrogens with zero attached hydrogens (tertiary/aromatic N) is 3. The lowest BCUT2D eigenvalue weighted by molar-refractivity contribution is 0.0942. The molecule has 0 radical (unpaired) electrons. The zero-order valence-electron chi connectivity index (χ0n) is 16.4. The molecule has 0 aliphatic rings. The van der Waals surface area contributed by atoms with Crippen molar-refractivity contribution >= 4 is 11.9 Å². The molecule has 0 saturated heterocycles. The number of pyridine rings is 1. The Morgan fingerprint density at radius 3 is 2.59 bits per heavy atom. The molecule has 8 heteroatoms. The zero-order valence-corrected chi connectivity index (χ0v) is 16.4. The Bertz CT molecular complexity index is 933. The van der Waals surface area contributed by atoms with E-state index in [1.165, 1.54) is 0 Å². The monoisotopic (exact) mass is 393 g/mol. The fraction of sp³-hybridized carbons (Fsp3) is 0.238. The number of anilines is 1. The standard InChI is InChI=1S/C21H23N5O3/c1-15-13-19(26-21(25-15)24-14-16-5-3-4-10-22-16)20(27)23-11-12-29-18-8-6-17(28-2)7-9-18/h3-10,13H,11-12,14H2,1-2H3,(H,23,27)(H,24,25,26). The molecule has 0 atom stereocenters. The highest BCUT2D eigenvalue weighted by atomic mass is 16.5. The summed E-state index contributed by atoms with van der Waals surface area (Å²) < 4.78 is 10.7. The normalized spacial score (nSPS) is 10.3. The SMILES string of the molecule is COc1ccc(OCCNC(=O)c2cc(C)nc(NCc3ccccn3)n2)cc1. The van der Waals surface area contributed by atoms with Gasteiger partial charge in [0.2, 0.25) is 5.95 Å². The Labute approximate surface area is 169 Å². The zero-order chi connectivity index (χ0) is 20.5. The van der Waals surface area contributed by atoms with Crippen LogP contribution in [-0.2, 0) is 6.54 Å². The minimum absolute atomic E-state index is 0.283. The topological polar surface area (TPSA) is 98.3 Å². The van der Waals surface area contributed by atoms with Crippen LogP contribution in [0.4, 0.5) is 5.95 Å². The Morgan fingerprint density at radius 1 is 1.07 bits per heavy atom. The van der Waals surface area contributed by atoms with E-state index in [1.807, 2.05) is 49.4 Å². The number of ether oxygens (including phenoxy) is 2. The van der Waals surface area contributed by atoms with Crippen LogP contribution in [0.3, 0.4) is 0 Å². The summed E-state index contributed by atoms with van der Waals surface area (Å²) in [6, 6.07) is 14.6. The molecule has 150 valence electrons. The van der Waals surface area contributed by atoms with Gasteiger partial charge in [-0.3, -0.25) is 9.78 Å². The van der Waals surface area contributed by atoms with Crippen LogP contribution in [0.5, 0.6) is 11.5 Å². The predicted octanol–water partition coefficient (Wildman–Crippen LogP) is 2.61. The molecule has 0 aliphatic carbocycles. The summed E-state index contributed by atoms with van der Waals surface area (Å²) in [6.45, 7) is 2.98. The van der Waals surface area contributed by atoms with Gasteiger partial charge in [0.1, 0.15) is 23.8 Å². The fourth-order valence-electron chi connectivity index (χ4n) is 2.53. The smallest absolute Gasteiger partial charge is 0.270 e. The van der Waals surface area contributed by atoms with Crippen LogP contribution < -0.4 is 20.1 Å². The molecular formula is C21H23N5O3. The number of carbonyl (C=O) groups is 1.